The van der Waals surface area contributed by atoms with Gasteiger partial charge in [0.2, 0.25) is 0 Å². The Labute approximate surface area is 151 Å². The first-order valence-electron chi connectivity index (χ1n) is 7.66. The molecule has 0 saturated heterocycles. The summed E-state index contributed by atoms with van der Waals surface area (Å²) in [4.78, 5) is 24.4. The van der Waals surface area contributed by atoms with Gasteiger partial charge in [0.15, 0.2) is 0 Å². The Morgan fingerprint density at radius 1 is 1.04 bits per heavy atom. The lowest BCUT2D eigenvalue weighted by Crippen LogP contribution is -2.24. The van der Waals surface area contributed by atoms with Crippen LogP contribution >= 0.6 is 23.2 Å². The highest BCUT2D eigenvalue weighted by Gasteiger charge is 2.12. The van der Waals surface area contributed by atoms with Crippen LogP contribution in [0.15, 0.2) is 42.5 Å². The Morgan fingerprint density at radius 3 is 2.54 bits per heavy atom. The molecule has 0 aliphatic rings. The van der Waals surface area contributed by atoms with Crippen molar-refractivity contribution >= 4 is 40.7 Å². The molecule has 0 aliphatic heterocycles. The smallest absolute Gasteiger partial charge is 0.257 e. The van der Waals surface area contributed by atoms with Crippen LogP contribution in [0.3, 0.4) is 0 Å². The molecule has 2 aromatic carbocycles. The van der Waals surface area contributed by atoms with Crippen molar-refractivity contribution in [3.8, 4) is 0 Å². The molecule has 6 heteroatoms. The summed E-state index contributed by atoms with van der Waals surface area (Å²) in [5, 5.41) is 6.31. The van der Waals surface area contributed by atoms with Gasteiger partial charge in [-0.15, -0.1) is 0 Å². The van der Waals surface area contributed by atoms with E-state index >= 15 is 0 Å². The third kappa shape index (κ3) is 4.98. The third-order valence-corrected chi connectivity index (χ3v) is 3.92. The quantitative estimate of drug-likeness (QED) is 0.724. The normalized spacial score (nSPS) is 10.3. The van der Waals surface area contributed by atoms with Gasteiger partial charge < -0.3 is 10.6 Å². The van der Waals surface area contributed by atoms with Gasteiger partial charge >= 0.3 is 0 Å². The van der Waals surface area contributed by atoms with Crippen LogP contribution < -0.4 is 10.6 Å². The molecule has 126 valence electrons. The molecule has 2 N–H and O–H groups in total. The van der Waals surface area contributed by atoms with Crippen molar-refractivity contribution in [3.63, 3.8) is 0 Å². The van der Waals surface area contributed by atoms with E-state index < -0.39 is 0 Å². The predicted octanol–water partition coefficient (Wildman–Crippen LogP) is 4.78. The lowest BCUT2D eigenvalue weighted by Gasteiger charge is -2.09. The van der Waals surface area contributed by atoms with Gasteiger partial charge in [0.25, 0.3) is 11.8 Å². The van der Waals surface area contributed by atoms with Gasteiger partial charge in [0, 0.05) is 22.8 Å². The van der Waals surface area contributed by atoms with E-state index in [2.05, 4.69) is 17.6 Å². The first kappa shape index (κ1) is 18.3. The summed E-state index contributed by atoms with van der Waals surface area (Å²) in [5.41, 5.74) is 1.33. The summed E-state index contributed by atoms with van der Waals surface area (Å²) >= 11 is 11.9. The number of nitrogens with one attached hydrogen (secondary N) is 2. The Balaban J connectivity index is 2.08. The molecule has 0 aromatic heterocycles. The highest BCUT2D eigenvalue weighted by molar-refractivity contribution is 6.37. The van der Waals surface area contributed by atoms with Crippen molar-refractivity contribution in [2.45, 2.75) is 19.8 Å². The summed E-state index contributed by atoms with van der Waals surface area (Å²) in [6, 6.07) is 11.4. The van der Waals surface area contributed by atoms with Gasteiger partial charge in [0.05, 0.1) is 10.6 Å². The van der Waals surface area contributed by atoms with Crippen LogP contribution in [-0.2, 0) is 0 Å². The maximum Gasteiger partial charge on any atom is 0.257 e. The summed E-state index contributed by atoms with van der Waals surface area (Å²) in [5.74, 6) is -0.524. The number of hydrogen-bond acceptors (Lipinski definition) is 2. The highest BCUT2D eigenvalue weighted by atomic mass is 35.5. The van der Waals surface area contributed by atoms with Crippen LogP contribution in [0.2, 0.25) is 10.0 Å². The number of anilines is 1. The molecule has 2 amide bonds. The van der Waals surface area contributed by atoms with E-state index in [9.17, 15) is 9.59 Å². The second kappa shape index (κ2) is 8.71. The van der Waals surface area contributed by atoms with Gasteiger partial charge in [-0.25, -0.2) is 0 Å². The van der Waals surface area contributed by atoms with Crippen molar-refractivity contribution in [1.82, 2.24) is 5.32 Å². The molecular weight excluding hydrogens is 347 g/mol. The largest absolute Gasteiger partial charge is 0.352 e. The SMILES string of the molecule is CCCCNC(=O)c1cccc(NC(=O)c2ccc(Cl)cc2Cl)c1. The molecule has 0 heterocycles. The minimum atomic E-state index is -0.361. The average Bonchev–Trinajstić information content (AvgIpc) is 2.55. The second-order valence-corrected chi connectivity index (χ2v) is 6.11. The average molecular weight is 365 g/mol. The van der Waals surface area contributed by atoms with Gasteiger partial charge in [0.1, 0.15) is 0 Å². The topological polar surface area (TPSA) is 58.2 Å². The number of hydrogen-bond donors (Lipinski definition) is 2. The molecule has 2 rings (SSSR count). The van der Waals surface area contributed by atoms with Crippen LogP contribution in [-0.4, -0.2) is 18.4 Å². The summed E-state index contributed by atoms with van der Waals surface area (Å²) in [6.07, 6.45) is 1.94. The zero-order valence-corrected chi connectivity index (χ0v) is 14.7. The lowest BCUT2D eigenvalue weighted by molar-refractivity contribution is 0.0951. The fourth-order valence-corrected chi connectivity index (χ4v) is 2.59. The van der Waals surface area contributed by atoms with E-state index in [1.54, 1.807) is 36.4 Å². The number of amides is 2. The molecule has 0 fully saturated rings. The third-order valence-electron chi connectivity index (χ3n) is 3.37. The first-order chi connectivity index (χ1) is 11.5. The standard InChI is InChI=1S/C18H18Cl2N2O2/c1-2-3-9-21-17(23)12-5-4-6-14(10-12)22-18(24)15-8-7-13(19)11-16(15)20/h4-8,10-11H,2-3,9H2,1H3,(H,21,23)(H,22,24). The molecule has 0 bridgehead atoms. The second-order valence-electron chi connectivity index (χ2n) is 5.27. The number of carbonyl (C=O) groups is 2. The molecule has 0 saturated carbocycles. The number of rotatable bonds is 6. The molecule has 0 unspecified atom stereocenters. The van der Waals surface area contributed by atoms with Crippen LogP contribution in [0.1, 0.15) is 40.5 Å². The number of carbonyl (C=O) groups excluding carboxylic acids is 2. The summed E-state index contributed by atoms with van der Waals surface area (Å²) < 4.78 is 0. The number of benzene rings is 2. The van der Waals surface area contributed by atoms with E-state index in [4.69, 9.17) is 23.2 Å². The van der Waals surface area contributed by atoms with Gasteiger partial charge in [-0.2, -0.15) is 0 Å². The fraction of sp³-hybridized carbons (Fsp3) is 0.222. The zero-order valence-electron chi connectivity index (χ0n) is 13.2. The molecule has 4 nitrogen and oxygen atoms in total. The molecule has 2 aromatic rings. The molecular formula is C18H18Cl2N2O2. The minimum absolute atomic E-state index is 0.163. The fourth-order valence-electron chi connectivity index (χ4n) is 2.09. The lowest BCUT2D eigenvalue weighted by atomic mass is 10.1. The van der Waals surface area contributed by atoms with E-state index in [0.29, 0.717) is 28.4 Å². The first-order valence-corrected chi connectivity index (χ1v) is 8.41. The van der Waals surface area contributed by atoms with E-state index in [1.807, 2.05) is 0 Å². The molecule has 24 heavy (non-hydrogen) atoms. The van der Waals surface area contributed by atoms with E-state index in [1.165, 1.54) is 6.07 Å². The molecule has 0 atom stereocenters. The van der Waals surface area contributed by atoms with E-state index in [0.717, 1.165) is 12.8 Å². The van der Waals surface area contributed by atoms with Crippen molar-refractivity contribution in [2.75, 3.05) is 11.9 Å². The van der Waals surface area contributed by atoms with Crippen LogP contribution in [0.4, 0.5) is 5.69 Å². The van der Waals surface area contributed by atoms with Crippen molar-refractivity contribution in [2.24, 2.45) is 0 Å². The number of halogens is 2. The Kier molecular flexibility index (Phi) is 6.64. The van der Waals surface area contributed by atoms with Crippen molar-refractivity contribution < 1.29 is 9.59 Å². The maximum atomic E-state index is 12.3. The van der Waals surface area contributed by atoms with Crippen LogP contribution in [0, 0.1) is 0 Å². The maximum absolute atomic E-state index is 12.3. The molecule has 0 aliphatic carbocycles. The summed E-state index contributed by atoms with van der Waals surface area (Å²) in [6.45, 7) is 2.69. The van der Waals surface area contributed by atoms with E-state index in [-0.39, 0.29) is 16.8 Å². The van der Waals surface area contributed by atoms with Crippen molar-refractivity contribution in [1.29, 1.82) is 0 Å². The Bertz CT molecular complexity index is 748. The molecule has 0 radical (unpaired) electrons. The predicted molar refractivity (Wildman–Crippen MR) is 98.1 cm³/mol. The molecule has 0 spiro atoms. The Morgan fingerprint density at radius 2 is 1.83 bits per heavy atom. The summed E-state index contributed by atoms with van der Waals surface area (Å²) in [7, 11) is 0. The Hall–Kier alpha value is -2.04. The zero-order chi connectivity index (χ0) is 17.5. The van der Waals surface area contributed by atoms with Crippen molar-refractivity contribution in [3.05, 3.63) is 63.6 Å². The van der Waals surface area contributed by atoms with Gasteiger partial charge in [-0.3, -0.25) is 9.59 Å². The monoisotopic (exact) mass is 364 g/mol. The van der Waals surface area contributed by atoms with Crippen LogP contribution in [0.25, 0.3) is 0 Å². The highest BCUT2D eigenvalue weighted by Crippen LogP contribution is 2.22. The number of unbranched alkanes of at least 4 members (excludes halogenated alkanes) is 1. The van der Waals surface area contributed by atoms with Crippen LogP contribution in [0.5, 0.6) is 0 Å². The van der Waals surface area contributed by atoms with Gasteiger partial charge in [-0.05, 0) is 42.8 Å². The van der Waals surface area contributed by atoms with Gasteiger partial charge in [-0.1, -0.05) is 42.6 Å². The minimum Gasteiger partial charge on any atom is -0.352 e.